The second kappa shape index (κ2) is 3.58. The molecule has 15 heavy (non-hydrogen) atoms. The van der Waals surface area contributed by atoms with E-state index in [2.05, 4.69) is 42.5 Å². The van der Waals surface area contributed by atoms with Crippen molar-refractivity contribution >= 4 is 10.8 Å². The Morgan fingerprint density at radius 3 is 2.47 bits per heavy atom. The van der Waals surface area contributed by atoms with E-state index in [0.29, 0.717) is 6.10 Å². The lowest BCUT2D eigenvalue weighted by Gasteiger charge is -2.26. The molecule has 1 nitrogen and oxygen atoms in total. The fourth-order valence-corrected chi connectivity index (χ4v) is 1.92. The summed E-state index contributed by atoms with van der Waals surface area (Å²) in [5.41, 5.74) is 0. The monoisotopic (exact) mass is 198 g/mol. The molecular weight excluding hydrogens is 184 g/mol. The first-order valence-electron chi connectivity index (χ1n) is 5.57. The first-order chi connectivity index (χ1) is 7.42. The molecular formula is C14H14O. The van der Waals surface area contributed by atoms with Gasteiger partial charge in [-0.15, -0.1) is 0 Å². The van der Waals surface area contributed by atoms with Gasteiger partial charge in [0.1, 0.15) is 5.75 Å². The minimum atomic E-state index is 0.464. The van der Waals surface area contributed by atoms with E-state index in [1.165, 1.54) is 30.0 Å². The lowest BCUT2D eigenvalue weighted by Crippen LogP contribution is -2.24. The third-order valence-corrected chi connectivity index (χ3v) is 3.08. The van der Waals surface area contributed by atoms with Crippen LogP contribution in [0.2, 0.25) is 0 Å². The van der Waals surface area contributed by atoms with Crippen molar-refractivity contribution in [2.24, 2.45) is 0 Å². The summed E-state index contributed by atoms with van der Waals surface area (Å²) in [5, 5.41) is 2.53. The maximum Gasteiger partial charge on any atom is 0.120 e. The predicted molar refractivity (Wildman–Crippen MR) is 62.2 cm³/mol. The van der Waals surface area contributed by atoms with Gasteiger partial charge in [-0.1, -0.05) is 30.3 Å². The molecule has 1 heteroatoms. The summed E-state index contributed by atoms with van der Waals surface area (Å²) in [6.07, 6.45) is 4.21. The highest BCUT2D eigenvalue weighted by atomic mass is 16.5. The van der Waals surface area contributed by atoms with E-state index < -0.39 is 0 Å². The minimum Gasteiger partial charge on any atom is -0.490 e. The van der Waals surface area contributed by atoms with Crippen molar-refractivity contribution in [3.8, 4) is 5.75 Å². The van der Waals surface area contributed by atoms with Crippen LogP contribution < -0.4 is 4.74 Å². The van der Waals surface area contributed by atoms with Crippen LogP contribution in [0, 0.1) is 0 Å². The Kier molecular flexibility index (Phi) is 2.09. The number of ether oxygens (including phenoxy) is 1. The predicted octanol–water partition coefficient (Wildman–Crippen LogP) is 3.77. The summed E-state index contributed by atoms with van der Waals surface area (Å²) >= 11 is 0. The van der Waals surface area contributed by atoms with Crippen molar-refractivity contribution in [2.75, 3.05) is 0 Å². The molecule has 0 N–H and O–H groups in total. The van der Waals surface area contributed by atoms with E-state index in [0.717, 1.165) is 5.75 Å². The molecule has 1 saturated carbocycles. The molecule has 0 aromatic heterocycles. The van der Waals surface area contributed by atoms with Crippen LogP contribution in [-0.2, 0) is 0 Å². The fraction of sp³-hybridized carbons (Fsp3) is 0.286. The van der Waals surface area contributed by atoms with Crippen molar-refractivity contribution < 1.29 is 4.74 Å². The average Bonchev–Trinajstić information content (AvgIpc) is 2.23. The molecule has 1 aliphatic rings. The molecule has 0 bridgehead atoms. The van der Waals surface area contributed by atoms with Gasteiger partial charge in [0.15, 0.2) is 0 Å². The summed E-state index contributed by atoms with van der Waals surface area (Å²) < 4.78 is 5.86. The second-order valence-corrected chi connectivity index (χ2v) is 4.18. The zero-order valence-corrected chi connectivity index (χ0v) is 8.65. The van der Waals surface area contributed by atoms with Gasteiger partial charge in [0.05, 0.1) is 6.10 Å². The first kappa shape index (κ1) is 8.78. The van der Waals surface area contributed by atoms with Gasteiger partial charge in [0, 0.05) is 0 Å². The van der Waals surface area contributed by atoms with Crippen molar-refractivity contribution in [2.45, 2.75) is 25.4 Å². The van der Waals surface area contributed by atoms with Crippen molar-refractivity contribution in [1.82, 2.24) is 0 Å². The first-order valence-corrected chi connectivity index (χ1v) is 5.57. The molecule has 0 amide bonds. The van der Waals surface area contributed by atoms with E-state index in [1.807, 2.05) is 0 Å². The topological polar surface area (TPSA) is 9.23 Å². The maximum atomic E-state index is 5.86. The summed E-state index contributed by atoms with van der Waals surface area (Å²) in [6.45, 7) is 0. The minimum absolute atomic E-state index is 0.464. The van der Waals surface area contributed by atoms with Crippen LogP contribution in [0.1, 0.15) is 19.3 Å². The van der Waals surface area contributed by atoms with E-state index in [9.17, 15) is 0 Å². The van der Waals surface area contributed by atoms with Gasteiger partial charge in [0.2, 0.25) is 0 Å². The molecule has 0 saturated heterocycles. The zero-order chi connectivity index (χ0) is 10.1. The van der Waals surface area contributed by atoms with Crippen molar-refractivity contribution in [3.63, 3.8) is 0 Å². The lowest BCUT2D eigenvalue weighted by molar-refractivity contribution is 0.120. The molecule has 1 aliphatic carbocycles. The standard InChI is InChI=1S/C14H14O/c1-2-5-12-10-14(9-8-11(12)4-1)15-13-6-3-7-13/h1-2,4-5,8-10,13H,3,6-7H2. The molecule has 0 spiro atoms. The Morgan fingerprint density at radius 1 is 0.933 bits per heavy atom. The Bertz CT molecular complexity index is 471. The summed E-state index contributed by atoms with van der Waals surface area (Å²) in [6, 6.07) is 14.7. The SMILES string of the molecule is c1ccc2cc(OC3CCC3)ccc2c1. The molecule has 0 unspecified atom stereocenters. The normalized spacial score (nSPS) is 16.3. The highest BCUT2D eigenvalue weighted by Crippen LogP contribution is 2.27. The van der Waals surface area contributed by atoms with Gasteiger partial charge < -0.3 is 4.74 Å². The Balaban J connectivity index is 1.91. The molecule has 0 heterocycles. The Hall–Kier alpha value is -1.50. The van der Waals surface area contributed by atoms with Gasteiger partial charge in [-0.05, 0) is 42.2 Å². The number of fused-ring (bicyclic) bond motifs is 1. The van der Waals surface area contributed by atoms with Crippen molar-refractivity contribution in [1.29, 1.82) is 0 Å². The van der Waals surface area contributed by atoms with E-state index >= 15 is 0 Å². The Morgan fingerprint density at radius 2 is 1.73 bits per heavy atom. The van der Waals surface area contributed by atoms with Crippen molar-refractivity contribution in [3.05, 3.63) is 42.5 Å². The molecule has 1 fully saturated rings. The highest BCUT2D eigenvalue weighted by molar-refractivity contribution is 5.83. The van der Waals surface area contributed by atoms with Gasteiger partial charge >= 0.3 is 0 Å². The van der Waals surface area contributed by atoms with E-state index in [1.54, 1.807) is 0 Å². The summed E-state index contributed by atoms with van der Waals surface area (Å²) in [4.78, 5) is 0. The third kappa shape index (κ3) is 1.70. The molecule has 0 radical (unpaired) electrons. The quantitative estimate of drug-likeness (QED) is 0.713. The number of rotatable bonds is 2. The van der Waals surface area contributed by atoms with Crippen LogP contribution in [0.4, 0.5) is 0 Å². The molecule has 2 aromatic carbocycles. The molecule has 3 rings (SSSR count). The zero-order valence-electron chi connectivity index (χ0n) is 8.65. The number of hydrogen-bond donors (Lipinski definition) is 0. The van der Waals surface area contributed by atoms with Crippen LogP contribution in [0.15, 0.2) is 42.5 Å². The number of hydrogen-bond acceptors (Lipinski definition) is 1. The molecule has 0 aliphatic heterocycles. The fourth-order valence-electron chi connectivity index (χ4n) is 1.92. The second-order valence-electron chi connectivity index (χ2n) is 4.18. The molecule has 0 atom stereocenters. The average molecular weight is 198 g/mol. The van der Waals surface area contributed by atoms with Crippen LogP contribution in [0.5, 0.6) is 5.75 Å². The van der Waals surface area contributed by atoms with Gasteiger partial charge in [-0.2, -0.15) is 0 Å². The highest BCUT2D eigenvalue weighted by Gasteiger charge is 2.18. The van der Waals surface area contributed by atoms with Gasteiger partial charge in [-0.25, -0.2) is 0 Å². The maximum absolute atomic E-state index is 5.86. The summed E-state index contributed by atoms with van der Waals surface area (Å²) in [5.74, 6) is 1.01. The van der Waals surface area contributed by atoms with E-state index in [-0.39, 0.29) is 0 Å². The lowest BCUT2D eigenvalue weighted by atomic mass is 9.96. The van der Waals surface area contributed by atoms with Gasteiger partial charge in [0.25, 0.3) is 0 Å². The van der Waals surface area contributed by atoms with Crippen LogP contribution in [-0.4, -0.2) is 6.10 Å². The van der Waals surface area contributed by atoms with E-state index in [4.69, 9.17) is 4.74 Å². The largest absolute Gasteiger partial charge is 0.490 e. The van der Waals surface area contributed by atoms with Crippen LogP contribution in [0.25, 0.3) is 10.8 Å². The molecule has 2 aromatic rings. The van der Waals surface area contributed by atoms with Crippen LogP contribution >= 0.6 is 0 Å². The Labute approximate surface area is 89.7 Å². The van der Waals surface area contributed by atoms with Crippen LogP contribution in [0.3, 0.4) is 0 Å². The third-order valence-electron chi connectivity index (χ3n) is 3.08. The summed E-state index contributed by atoms with van der Waals surface area (Å²) in [7, 11) is 0. The molecule has 76 valence electrons. The van der Waals surface area contributed by atoms with Gasteiger partial charge in [-0.3, -0.25) is 0 Å². The smallest absolute Gasteiger partial charge is 0.120 e. The number of benzene rings is 2.